The van der Waals surface area contributed by atoms with Crippen LogP contribution in [0.4, 0.5) is 5.82 Å². The van der Waals surface area contributed by atoms with Gasteiger partial charge >= 0.3 is 0 Å². The number of hydrogen-bond acceptors (Lipinski definition) is 7. The average molecular weight is 497 g/mol. The van der Waals surface area contributed by atoms with Gasteiger partial charge in [-0.15, -0.1) is 0 Å². The van der Waals surface area contributed by atoms with Crippen LogP contribution in [-0.2, 0) is 17.9 Å². The molecule has 2 heterocycles. The lowest BCUT2D eigenvalue weighted by molar-refractivity contribution is -0.122. The Balaban J connectivity index is 2.09. The molecule has 3 rings (SSSR count). The predicted octanol–water partition coefficient (Wildman–Crippen LogP) is 4.53. The molecule has 2 aromatic rings. The van der Waals surface area contributed by atoms with E-state index in [0.717, 1.165) is 11.3 Å². The van der Waals surface area contributed by atoms with Crippen molar-refractivity contribution in [3.05, 3.63) is 61.8 Å². The van der Waals surface area contributed by atoms with Crippen LogP contribution in [-0.4, -0.2) is 33.3 Å². The molecule has 1 N–H and O–H groups in total. The molecule has 9 heteroatoms. The number of anilines is 1. The zero-order valence-corrected chi connectivity index (χ0v) is 21.6. The number of nitriles is 1. The summed E-state index contributed by atoms with van der Waals surface area (Å²) in [5.74, 6) is 1.44. The van der Waals surface area contributed by atoms with Gasteiger partial charge in [0.15, 0.2) is 0 Å². The molecular weight excluding hydrogens is 468 g/mol. The number of nitrogens with zero attached hydrogens (tertiary/aromatic N) is 3. The molecule has 1 amide bonds. The summed E-state index contributed by atoms with van der Waals surface area (Å²) < 4.78 is 7.27. The number of carbonyl (C=O) groups is 1. The van der Waals surface area contributed by atoms with E-state index >= 15 is 0 Å². The Labute approximate surface area is 209 Å². The molecule has 0 radical (unpaired) electrons. The minimum absolute atomic E-state index is 0.0701. The zero-order valence-electron chi connectivity index (χ0n) is 20.0. The number of rotatable bonds is 8. The lowest BCUT2D eigenvalue weighted by Crippen LogP contribution is -2.31. The van der Waals surface area contributed by atoms with Gasteiger partial charge < -0.3 is 10.1 Å². The maximum atomic E-state index is 13.1. The Kier molecular flexibility index (Phi) is 8.18. The van der Waals surface area contributed by atoms with E-state index in [2.05, 4.69) is 5.32 Å². The highest BCUT2D eigenvalue weighted by Gasteiger charge is 2.33. The van der Waals surface area contributed by atoms with E-state index in [4.69, 9.17) is 17.0 Å². The molecule has 34 heavy (non-hydrogen) atoms. The second-order valence-electron chi connectivity index (χ2n) is 8.31. The number of ether oxygens (including phenoxy) is 1. The molecule has 1 aromatic heterocycles. The fraction of sp³-hybridized carbons (Fsp3) is 0.360. The smallest absolute Gasteiger partial charge is 0.270 e. The molecule has 0 bridgehead atoms. The van der Waals surface area contributed by atoms with Gasteiger partial charge in [-0.25, -0.2) is 0 Å². The van der Waals surface area contributed by atoms with Crippen molar-refractivity contribution >= 4 is 46.1 Å². The molecule has 0 aliphatic carbocycles. The Morgan fingerprint density at radius 1 is 1.26 bits per heavy atom. The van der Waals surface area contributed by atoms with Gasteiger partial charge in [0.2, 0.25) is 0 Å². The van der Waals surface area contributed by atoms with Crippen LogP contribution in [0.15, 0.2) is 34.0 Å². The molecule has 1 aliphatic heterocycles. The van der Waals surface area contributed by atoms with E-state index in [-0.39, 0.29) is 22.9 Å². The second kappa shape index (κ2) is 10.9. The van der Waals surface area contributed by atoms with Gasteiger partial charge in [0.05, 0.1) is 12.0 Å². The van der Waals surface area contributed by atoms with Crippen molar-refractivity contribution in [2.45, 2.75) is 40.8 Å². The fourth-order valence-electron chi connectivity index (χ4n) is 3.74. The topological polar surface area (TPSA) is 87.4 Å². The van der Waals surface area contributed by atoms with Crippen molar-refractivity contribution in [3.8, 4) is 11.8 Å². The number of aromatic nitrogens is 1. The lowest BCUT2D eigenvalue weighted by Gasteiger charge is -2.19. The van der Waals surface area contributed by atoms with Gasteiger partial charge in [-0.2, -0.15) is 5.26 Å². The molecule has 1 saturated heterocycles. The van der Waals surface area contributed by atoms with Crippen LogP contribution in [0.5, 0.6) is 5.75 Å². The molecule has 1 aromatic carbocycles. The van der Waals surface area contributed by atoms with Crippen LogP contribution in [0.3, 0.4) is 0 Å². The quantitative estimate of drug-likeness (QED) is 0.424. The number of methoxy groups -OCH3 is 1. The highest BCUT2D eigenvalue weighted by Crippen LogP contribution is 2.35. The standard InChI is InChI=1S/C25H28N4O3S2/c1-6-28-22(27-13-17-7-9-18(32-5)10-8-17)19(16(4)20(12-26)23(28)30)11-21-24(31)29(14-15(2)3)25(33)34-21/h7-11,15,27H,6,13-14H2,1-5H3/b21-11+. The van der Waals surface area contributed by atoms with Gasteiger partial charge in [-0.1, -0.05) is 50.0 Å². The first-order chi connectivity index (χ1) is 16.2. The SMILES string of the molecule is CCn1c(NCc2ccc(OC)cc2)c(/C=C2/SC(=S)N(CC(C)C)C2=O)c(C)c(C#N)c1=O. The van der Waals surface area contributed by atoms with Crippen LogP contribution in [0.1, 0.15) is 43.0 Å². The van der Waals surface area contributed by atoms with Crippen LogP contribution >= 0.6 is 24.0 Å². The van der Waals surface area contributed by atoms with E-state index in [9.17, 15) is 14.9 Å². The second-order valence-corrected chi connectivity index (χ2v) is 9.99. The van der Waals surface area contributed by atoms with E-state index in [1.165, 1.54) is 16.3 Å². The zero-order chi connectivity index (χ0) is 25.0. The van der Waals surface area contributed by atoms with Crippen LogP contribution in [0.2, 0.25) is 0 Å². The number of thiocarbonyl (C=S) groups is 1. The van der Waals surface area contributed by atoms with E-state index in [1.807, 2.05) is 51.1 Å². The average Bonchev–Trinajstić information content (AvgIpc) is 3.07. The molecule has 0 unspecified atom stereocenters. The van der Waals surface area contributed by atoms with Crippen LogP contribution in [0, 0.1) is 24.2 Å². The summed E-state index contributed by atoms with van der Waals surface area (Å²) in [6.07, 6.45) is 1.75. The normalized spacial score (nSPS) is 14.7. The minimum atomic E-state index is -0.357. The molecular formula is C25H28N4O3S2. The van der Waals surface area contributed by atoms with Gasteiger partial charge in [0.25, 0.3) is 11.5 Å². The Morgan fingerprint density at radius 2 is 1.94 bits per heavy atom. The van der Waals surface area contributed by atoms with Crippen molar-refractivity contribution in [3.63, 3.8) is 0 Å². The number of nitrogens with one attached hydrogen (secondary N) is 1. The van der Waals surface area contributed by atoms with Crippen LogP contribution in [0.25, 0.3) is 6.08 Å². The minimum Gasteiger partial charge on any atom is -0.497 e. The van der Waals surface area contributed by atoms with Gasteiger partial charge in [0.1, 0.15) is 27.5 Å². The van der Waals surface area contributed by atoms with Crippen molar-refractivity contribution in [2.75, 3.05) is 19.0 Å². The van der Waals surface area contributed by atoms with Gasteiger partial charge in [0, 0.05) is 25.2 Å². The van der Waals surface area contributed by atoms with Crippen LogP contribution < -0.4 is 15.6 Å². The summed E-state index contributed by atoms with van der Waals surface area (Å²) >= 11 is 6.69. The first kappa shape index (κ1) is 25.5. The van der Waals surface area contributed by atoms with Crippen molar-refractivity contribution in [2.24, 2.45) is 5.92 Å². The highest BCUT2D eigenvalue weighted by atomic mass is 32.2. The molecule has 178 valence electrons. The third-order valence-electron chi connectivity index (χ3n) is 5.51. The number of hydrogen-bond donors (Lipinski definition) is 1. The number of thioether (sulfide) groups is 1. The highest BCUT2D eigenvalue weighted by molar-refractivity contribution is 8.26. The first-order valence-electron chi connectivity index (χ1n) is 11.0. The summed E-state index contributed by atoms with van der Waals surface area (Å²) in [6, 6.07) is 9.66. The predicted molar refractivity (Wildman–Crippen MR) is 141 cm³/mol. The molecule has 1 fully saturated rings. The van der Waals surface area contributed by atoms with Gasteiger partial charge in [-0.3, -0.25) is 19.1 Å². The van der Waals surface area contributed by atoms with Gasteiger partial charge in [-0.05, 0) is 49.1 Å². The molecule has 7 nitrogen and oxygen atoms in total. The fourth-order valence-corrected chi connectivity index (χ4v) is 4.99. The Bertz CT molecular complexity index is 1240. The molecule has 1 aliphatic rings. The summed E-state index contributed by atoms with van der Waals surface area (Å²) in [5.41, 5.74) is 1.87. The third kappa shape index (κ3) is 5.18. The van der Waals surface area contributed by atoms with Crippen molar-refractivity contribution in [1.82, 2.24) is 9.47 Å². The monoisotopic (exact) mass is 496 g/mol. The lowest BCUT2D eigenvalue weighted by atomic mass is 10.0. The number of benzene rings is 1. The van der Waals surface area contributed by atoms with E-state index in [1.54, 1.807) is 25.0 Å². The maximum Gasteiger partial charge on any atom is 0.270 e. The first-order valence-corrected chi connectivity index (χ1v) is 12.2. The van der Waals surface area contributed by atoms with E-state index < -0.39 is 0 Å². The maximum absolute atomic E-state index is 13.1. The van der Waals surface area contributed by atoms with Crippen molar-refractivity contribution < 1.29 is 9.53 Å². The molecule has 0 atom stereocenters. The Morgan fingerprint density at radius 3 is 2.50 bits per heavy atom. The summed E-state index contributed by atoms with van der Waals surface area (Å²) in [6.45, 7) is 9.01. The van der Waals surface area contributed by atoms with Crippen molar-refractivity contribution in [1.29, 1.82) is 5.26 Å². The summed E-state index contributed by atoms with van der Waals surface area (Å²) in [7, 11) is 1.61. The number of amides is 1. The Hall–Kier alpha value is -3.09. The number of carbonyl (C=O) groups excluding carboxylic acids is 1. The number of pyridine rings is 1. The molecule has 0 saturated carbocycles. The third-order valence-corrected chi connectivity index (χ3v) is 6.88. The summed E-state index contributed by atoms with van der Waals surface area (Å²) in [4.78, 5) is 28.2. The summed E-state index contributed by atoms with van der Waals surface area (Å²) in [5, 5.41) is 13.0. The van der Waals surface area contributed by atoms with E-state index in [0.29, 0.717) is 45.8 Å². The largest absolute Gasteiger partial charge is 0.497 e. The molecule has 0 spiro atoms.